The standard InChI is InChI=1S/C25H24F6N4O/c1-15-7-18(5-6-32-15)21-4-3-19(11-23(21)36-2)22-14-35(34-33-22)13-17-8-16(12-24(26,27)28)9-20(10-17)25(29,30)31/h3-4,6-11,14,18,21,23H,5,12-13H2,1-2H3. The summed E-state index contributed by atoms with van der Waals surface area (Å²) in [5, 5.41) is 8.08. The Morgan fingerprint density at radius 2 is 1.81 bits per heavy atom. The summed E-state index contributed by atoms with van der Waals surface area (Å²) in [6.07, 6.45) is 1.10. The van der Waals surface area contributed by atoms with Gasteiger partial charge < -0.3 is 4.74 Å². The van der Waals surface area contributed by atoms with Gasteiger partial charge in [-0.05, 0) is 48.6 Å². The summed E-state index contributed by atoms with van der Waals surface area (Å²) in [7, 11) is 1.61. The number of aromatic nitrogens is 3. The second-order valence-electron chi connectivity index (χ2n) is 8.91. The van der Waals surface area contributed by atoms with E-state index in [1.54, 1.807) is 13.3 Å². The number of methoxy groups -OCH3 is 1. The average molecular weight is 510 g/mol. The Labute approximate surface area is 203 Å². The topological polar surface area (TPSA) is 52.3 Å². The van der Waals surface area contributed by atoms with Crippen LogP contribution in [0.3, 0.4) is 0 Å². The van der Waals surface area contributed by atoms with Crippen LogP contribution in [0.1, 0.15) is 35.7 Å². The minimum Gasteiger partial charge on any atom is -0.377 e. The Morgan fingerprint density at radius 3 is 2.47 bits per heavy atom. The minimum absolute atomic E-state index is 0.0460. The van der Waals surface area contributed by atoms with E-state index < -0.39 is 29.9 Å². The zero-order valence-electron chi connectivity index (χ0n) is 19.5. The quantitative estimate of drug-likeness (QED) is 0.446. The van der Waals surface area contributed by atoms with Crippen molar-refractivity contribution in [2.75, 3.05) is 7.11 Å². The van der Waals surface area contributed by atoms with Gasteiger partial charge in [0, 0.05) is 30.5 Å². The van der Waals surface area contributed by atoms with Crippen LogP contribution in [0.4, 0.5) is 26.3 Å². The van der Waals surface area contributed by atoms with Gasteiger partial charge in [0.15, 0.2) is 0 Å². The molecule has 1 aliphatic heterocycles. The van der Waals surface area contributed by atoms with Crippen LogP contribution in [0, 0.1) is 11.8 Å². The van der Waals surface area contributed by atoms with Gasteiger partial charge in [-0.3, -0.25) is 4.99 Å². The van der Waals surface area contributed by atoms with Gasteiger partial charge in [0.05, 0.1) is 30.8 Å². The van der Waals surface area contributed by atoms with Crippen LogP contribution >= 0.6 is 0 Å². The summed E-state index contributed by atoms with van der Waals surface area (Å²) >= 11 is 0. The predicted molar refractivity (Wildman–Crippen MR) is 122 cm³/mol. The van der Waals surface area contributed by atoms with E-state index in [1.165, 1.54) is 4.68 Å². The Bertz CT molecular complexity index is 1220. The lowest BCUT2D eigenvalue weighted by molar-refractivity contribution is -0.138. The number of rotatable bonds is 6. The fourth-order valence-corrected chi connectivity index (χ4v) is 4.50. The molecule has 2 heterocycles. The molecule has 0 spiro atoms. The molecule has 0 saturated carbocycles. The first-order valence-corrected chi connectivity index (χ1v) is 11.2. The monoisotopic (exact) mass is 510 g/mol. The van der Waals surface area contributed by atoms with Crippen molar-refractivity contribution in [3.05, 3.63) is 76.8 Å². The van der Waals surface area contributed by atoms with Gasteiger partial charge in [0.1, 0.15) is 5.69 Å². The molecular formula is C25H24F6N4O. The highest BCUT2D eigenvalue weighted by Crippen LogP contribution is 2.34. The number of aliphatic imine (C=N–C) groups is 1. The third-order valence-electron chi connectivity index (χ3n) is 6.08. The van der Waals surface area contributed by atoms with E-state index in [2.05, 4.69) is 21.4 Å². The number of halogens is 6. The van der Waals surface area contributed by atoms with Crippen molar-refractivity contribution >= 4 is 11.8 Å². The van der Waals surface area contributed by atoms with Crippen LogP contribution in [0.2, 0.25) is 0 Å². The first-order valence-electron chi connectivity index (χ1n) is 11.2. The summed E-state index contributed by atoms with van der Waals surface area (Å²) in [6, 6.07) is 2.46. The van der Waals surface area contributed by atoms with Crippen molar-refractivity contribution in [3.63, 3.8) is 0 Å². The number of hydrogen-bond acceptors (Lipinski definition) is 4. The molecular weight excluding hydrogens is 486 g/mol. The second kappa shape index (κ2) is 10.0. The number of allylic oxidation sites excluding steroid dienone is 4. The van der Waals surface area contributed by atoms with E-state index in [-0.39, 0.29) is 30.0 Å². The normalized spacial score (nSPS) is 22.5. The lowest BCUT2D eigenvalue weighted by Crippen LogP contribution is -2.29. The predicted octanol–water partition coefficient (Wildman–Crippen LogP) is 6.03. The van der Waals surface area contributed by atoms with Crippen LogP contribution in [0.15, 0.2) is 59.4 Å². The maximum Gasteiger partial charge on any atom is 0.416 e. The van der Waals surface area contributed by atoms with Gasteiger partial charge in [-0.1, -0.05) is 29.5 Å². The van der Waals surface area contributed by atoms with E-state index >= 15 is 0 Å². The van der Waals surface area contributed by atoms with Gasteiger partial charge in [0.25, 0.3) is 0 Å². The molecule has 1 aromatic carbocycles. The van der Waals surface area contributed by atoms with Gasteiger partial charge in [0.2, 0.25) is 0 Å². The van der Waals surface area contributed by atoms with Crippen LogP contribution in [0.25, 0.3) is 5.57 Å². The first kappa shape index (κ1) is 25.9. The highest BCUT2D eigenvalue weighted by Gasteiger charge is 2.34. The highest BCUT2D eigenvalue weighted by atomic mass is 19.4. The van der Waals surface area contributed by atoms with Crippen molar-refractivity contribution < 1.29 is 31.1 Å². The van der Waals surface area contributed by atoms with E-state index in [1.807, 2.05) is 31.4 Å². The van der Waals surface area contributed by atoms with Crippen molar-refractivity contribution in [1.29, 1.82) is 0 Å². The molecule has 36 heavy (non-hydrogen) atoms. The molecule has 5 nitrogen and oxygen atoms in total. The molecule has 4 rings (SSSR count). The molecule has 2 aliphatic rings. The zero-order chi connectivity index (χ0) is 26.1. The minimum atomic E-state index is -4.77. The molecule has 2 aromatic rings. The van der Waals surface area contributed by atoms with Gasteiger partial charge >= 0.3 is 12.4 Å². The van der Waals surface area contributed by atoms with E-state index in [0.29, 0.717) is 11.8 Å². The Kier molecular flexibility index (Phi) is 7.21. The molecule has 1 aliphatic carbocycles. The van der Waals surface area contributed by atoms with Crippen LogP contribution in [-0.2, 0) is 23.9 Å². The third-order valence-corrected chi connectivity index (χ3v) is 6.08. The smallest absolute Gasteiger partial charge is 0.377 e. The lowest BCUT2D eigenvalue weighted by Gasteiger charge is -2.30. The van der Waals surface area contributed by atoms with Crippen molar-refractivity contribution in [2.24, 2.45) is 16.8 Å². The first-order chi connectivity index (χ1) is 16.9. The maximum absolute atomic E-state index is 13.3. The SMILES string of the molecule is COC1C=C(c2cn(Cc3cc(CC(F)(F)F)cc(C(F)(F)F)c3)nn2)C=CC1C1C=C(C)N=CC1. The Hall–Kier alpha value is -3.21. The van der Waals surface area contributed by atoms with Crippen LogP contribution in [-0.4, -0.2) is 40.6 Å². The maximum atomic E-state index is 13.3. The average Bonchev–Trinajstić information content (AvgIpc) is 3.25. The lowest BCUT2D eigenvalue weighted by atomic mass is 9.80. The summed E-state index contributed by atoms with van der Waals surface area (Å²) in [6.45, 7) is 1.77. The Morgan fingerprint density at radius 1 is 1.06 bits per heavy atom. The van der Waals surface area contributed by atoms with Gasteiger partial charge in [-0.2, -0.15) is 26.3 Å². The number of ether oxygens (including phenoxy) is 1. The third kappa shape index (κ3) is 6.31. The molecule has 3 unspecified atom stereocenters. The molecule has 3 atom stereocenters. The summed E-state index contributed by atoms with van der Waals surface area (Å²) in [4.78, 5) is 4.28. The fourth-order valence-electron chi connectivity index (χ4n) is 4.50. The van der Waals surface area contributed by atoms with Gasteiger partial charge in [-0.25, -0.2) is 4.68 Å². The second-order valence-corrected chi connectivity index (χ2v) is 8.91. The molecule has 0 N–H and O–H groups in total. The number of nitrogens with zero attached hydrogens (tertiary/aromatic N) is 4. The van der Waals surface area contributed by atoms with E-state index in [0.717, 1.165) is 29.8 Å². The molecule has 1 aromatic heterocycles. The van der Waals surface area contributed by atoms with Crippen molar-refractivity contribution in [2.45, 2.75) is 44.8 Å². The Balaban J connectivity index is 1.54. The van der Waals surface area contributed by atoms with Crippen LogP contribution in [0.5, 0.6) is 0 Å². The van der Waals surface area contributed by atoms with Crippen LogP contribution < -0.4 is 0 Å². The largest absolute Gasteiger partial charge is 0.416 e. The van der Waals surface area contributed by atoms with Crippen molar-refractivity contribution in [3.8, 4) is 0 Å². The summed E-state index contributed by atoms with van der Waals surface area (Å²) in [5.74, 6) is 0.316. The summed E-state index contributed by atoms with van der Waals surface area (Å²) in [5.41, 5.74) is 0.604. The molecule has 0 fully saturated rings. The fraction of sp³-hybridized carbons (Fsp3) is 0.400. The zero-order valence-corrected chi connectivity index (χ0v) is 19.5. The van der Waals surface area contributed by atoms with Crippen molar-refractivity contribution in [1.82, 2.24) is 15.0 Å². The van der Waals surface area contributed by atoms with Gasteiger partial charge in [-0.15, -0.1) is 5.10 Å². The number of alkyl halides is 6. The molecule has 0 bridgehead atoms. The number of hydrogen-bond donors (Lipinski definition) is 0. The highest BCUT2D eigenvalue weighted by molar-refractivity contribution is 5.73. The molecule has 11 heteroatoms. The molecule has 0 amide bonds. The van der Waals surface area contributed by atoms with E-state index in [9.17, 15) is 26.3 Å². The summed E-state index contributed by atoms with van der Waals surface area (Å²) < 4.78 is 85.3. The number of benzene rings is 1. The molecule has 0 radical (unpaired) electrons. The molecule has 192 valence electrons. The van der Waals surface area contributed by atoms with E-state index in [4.69, 9.17) is 4.74 Å². The molecule has 0 saturated heterocycles.